The van der Waals surface area contributed by atoms with Gasteiger partial charge in [0.15, 0.2) is 0 Å². The lowest BCUT2D eigenvalue weighted by molar-refractivity contribution is -0.384. The zero-order valence-corrected chi connectivity index (χ0v) is 14.3. The predicted molar refractivity (Wildman–Crippen MR) is 90.2 cm³/mol. The van der Waals surface area contributed by atoms with Crippen LogP contribution in [0.3, 0.4) is 0 Å². The monoisotopic (exact) mass is 353 g/mol. The van der Waals surface area contributed by atoms with E-state index in [1.807, 2.05) is 0 Å². The van der Waals surface area contributed by atoms with Crippen molar-refractivity contribution in [3.8, 4) is 0 Å². The molecule has 1 saturated carbocycles. The van der Waals surface area contributed by atoms with E-state index in [1.165, 1.54) is 24.3 Å². The van der Waals surface area contributed by atoms with Crippen LogP contribution in [0, 0.1) is 15.5 Å². The highest BCUT2D eigenvalue weighted by Crippen LogP contribution is 2.43. The maximum Gasteiger partial charge on any atom is 0.269 e. The van der Waals surface area contributed by atoms with Crippen LogP contribution in [0.4, 0.5) is 5.69 Å². The summed E-state index contributed by atoms with van der Waals surface area (Å²) in [6.45, 7) is 1.85. The molecule has 2 aliphatic rings. The van der Waals surface area contributed by atoms with Crippen molar-refractivity contribution >= 4 is 15.7 Å². The van der Waals surface area contributed by atoms with Gasteiger partial charge in [-0.3, -0.25) is 10.1 Å². The molecule has 0 amide bonds. The minimum Gasteiger partial charge on any atom is -0.317 e. The summed E-state index contributed by atoms with van der Waals surface area (Å²) < 4.78 is 28.3. The molecule has 2 N–H and O–H groups in total. The molecule has 1 spiro atoms. The molecule has 1 heterocycles. The first-order chi connectivity index (χ1) is 11.4. The Morgan fingerprint density at radius 2 is 1.79 bits per heavy atom. The lowest BCUT2D eigenvalue weighted by Crippen LogP contribution is -2.53. The van der Waals surface area contributed by atoms with E-state index in [0.717, 1.165) is 51.6 Å². The number of nitrogens with one attached hydrogen (secondary N) is 2. The Labute approximate surface area is 142 Å². The Morgan fingerprint density at radius 1 is 1.12 bits per heavy atom. The van der Waals surface area contributed by atoms with E-state index in [1.54, 1.807) is 0 Å². The van der Waals surface area contributed by atoms with Crippen molar-refractivity contribution in [1.29, 1.82) is 0 Å². The lowest BCUT2D eigenvalue weighted by Gasteiger charge is -2.47. The summed E-state index contributed by atoms with van der Waals surface area (Å²) in [6.07, 6.45) is 6.06. The topological polar surface area (TPSA) is 101 Å². The Hall–Kier alpha value is -1.51. The van der Waals surface area contributed by atoms with Crippen LogP contribution < -0.4 is 10.0 Å². The van der Waals surface area contributed by atoms with Gasteiger partial charge in [-0.25, -0.2) is 13.1 Å². The molecule has 3 rings (SSSR count). The van der Waals surface area contributed by atoms with E-state index < -0.39 is 14.9 Å². The molecule has 0 bridgehead atoms. The summed E-state index contributed by atoms with van der Waals surface area (Å²) in [5.41, 5.74) is -0.0707. The molecule has 1 saturated heterocycles. The Kier molecular flexibility index (Phi) is 4.89. The summed E-state index contributed by atoms with van der Waals surface area (Å²) in [4.78, 5) is 10.3. The van der Waals surface area contributed by atoms with E-state index in [0.29, 0.717) is 0 Å². The van der Waals surface area contributed by atoms with Crippen LogP contribution in [0.2, 0.25) is 0 Å². The first kappa shape index (κ1) is 17.3. The molecule has 8 heteroatoms. The molecule has 0 aromatic heterocycles. The third-order valence-electron chi connectivity index (χ3n) is 5.41. The molecule has 2 fully saturated rings. The predicted octanol–water partition coefficient (Wildman–Crippen LogP) is 2.19. The van der Waals surface area contributed by atoms with Crippen LogP contribution in [0.25, 0.3) is 0 Å². The fourth-order valence-electron chi connectivity index (χ4n) is 4.02. The van der Waals surface area contributed by atoms with Crippen LogP contribution in [-0.2, 0) is 10.0 Å². The Balaban J connectivity index is 1.80. The average Bonchev–Trinajstić information content (AvgIpc) is 2.58. The van der Waals surface area contributed by atoms with E-state index >= 15 is 0 Å². The fraction of sp³-hybridized carbons (Fsp3) is 0.625. The molecular weight excluding hydrogens is 330 g/mol. The third-order valence-corrected chi connectivity index (χ3v) is 6.90. The summed E-state index contributed by atoms with van der Waals surface area (Å²) in [6, 6.07) is 5.01. The van der Waals surface area contributed by atoms with Gasteiger partial charge >= 0.3 is 0 Å². The highest BCUT2D eigenvalue weighted by atomic mass is 32.2. The standard InChI is InChI=1S/C16H23N3O4S/c20-19(21)13-4-6-14(7-5-13)24(22,23)18-15-3-1-2-8-16(15)9-11-17-12-10-16/h4-7,15,17-18H,1-3,8-12H2. The van der Waals surface area contributed by atoms with Gasteiger partial charge in [-0.05, 0) is 56.3 Å². The van der Waals surface area contributed by atoms with Crippen molar-refractivity contribution in [2.24, 2.45) is 5.41 Å². The number of non-ortho nitro benzene ring substituents is 1. The van der Waals surface area contributed by atoms with Gasteiger partial charge in [-0.15, -0.1) is 0 Å². The van der Waals surface area contributed by atoms with Crippen LogP contribution in [0.15, 0.2) is 29.2 Å². The number of nitrogens with zero attached hydrogens (tertiary/aromatic N) is 1. The second kappa shape index (κ2) is 6.78. The van der Waals surface area contributed by atoms with Gasteiger partial charge in [0.2, 0.25) is 10.0 Å². The van der Waals surface area contributed by atoms with Gasteiger partial charge in [0.05, 0.1) is 9.82 Å². The molecule has 132 valence electrons. The highest BCUT2D eigenvalue weighted by molar-refractivity contribution is 7.89. The summed E-state index contributed by atoms with van der Waals surface area (Å²) in [5, 5.41) is 14.1. The number of hydrogen-bond acceptors (Lipinski definition) is 5. The highest BCUT2D eigenvalue weighted by Gasteiger charge is 2.43. The van der Waals surface area contributed by atoms with Crippen LogP contribution in [0.5, 0.6) is 0 Å². The lowest BCUT2D eigenvalue weighted by atomic mass is 9.65. The van der Waals surface area contributed by atoms with Crippen molar-refractivity contribution < 1.29 is 13.3 Å². The molecule has 7 nitrogen and oxygen atoms in total. The maximum absolute atomic E-state index is 12.7. The zero-order valence-electron chi connectivity index (χ0n) is 13.5. The minimum absolute atomic E-state index is 0.0390. The van der Waals surface area contributed by atoms with Gasteiger partial charge in [0.25, 0.3) is 5.69 Å². The molecular formula is C16H23N3O4S. The van der Waals surface area contributed by atoms with Crippen molar-refractivity contribution in [2.75, 3.05) is 13.1 Å². The van der Waals surface area contributed by atoms with E-state index in [-0.39, 0.29) is 22.0 Å². The van der Waals surface area contributed by atoms with Gasteiger partial charge in [-0.2, -0.15) is 0 Å². The van der Waals surface area contributed by atoms with Gasteiger partial charge in [0.1, 0.15) is 0 Å². The largest absolute Gasteiger partial charge is 0.317 e. The van der Waals surface area contributed by atoms with Crippen molar-refractivity contribution in [2.45, 2.75) is 49.5 Å². The van der Waals surface area contributed by atoms with E-state index in [9.17, 15) is 18.5 Å². The molecule has 1 unspecified atom stereocenters. The van der Waals surface area contributed by atoms with E-state index in [2.05, 4.69) is 10.0 Å². The second-order valence-corrected chi connectivity index (χ2v) is 8.50. The first-order valence-corrected chi connectivity index (χ1v) is 9.89. The SMILES string of the molecule is O=[N+]([O-])c1ccc(S(=O)(=O)NC2CCCCC23CCNCC3)cc1. The molecule has 1 aromatic rings. The number of benzene rings is 1. The van der Waals surface area contributed by atoms with Crippen LogP contribution in [-0.4, -0.2) is 32.5 Å². The molecule has 0 radical (unpaired) electrons. The number of rotatable bonds is 4. The molecule has 1 atom stereocenters. The maximum atomic E-state index is 12.7. The minimum atomic E-state index is -3.67. The van der Waals surface area contributed by atoms with Crippen LogP contribution >= 0.6 is 0 Å². The van der Waals surface area contributed by atoms with Crippen LogP contribution in [0.1, 0.15) is 38.5 Å². The van der Waals surface area contributed by atoms with Crippen molar-refractivity contribution in [3.63, 3.8) is 0 Å². The molecule has 1 aliphatic heterocycles. The van der Waals surface area contributed by atoms with Gasteiger partial charge in [0, 0.05) is 18.2 Å². The summed E-state index contributed by atoms with van der Waals surface area (Å²) >= 11 is 0. The summed E-state index contributed by atoms with van der Waals surface area (Å²) in [7, 11) is -3.67. The number of piperidine rings is 1. The third kappa shape index (κ3) is 3.45. The van der Waals surface area contributed by atoms with Gasteiger partial charge < -0.3 is 5.32 Å². The normalized spacial score (nSPS) is 23.9. The number of sulfonamides is 1. The smallest absolute Gasteiger partial charge is 0.269 e. The van der Waals surface area contributed by atoms with E-state index in [4.69, 9.17) is 0 Å². The van der Waals surface area contributed by atoms with Gasteiger partial charge in [-0.1, -0.05) is 12.8 Å². The fourth-order valence-corrected chi connectivity index (χ4v) is 5.39. The Bertz CT molecular complexity index is 688. The molecule has 24 heavy (non-hydrogen) atoms. The number of nitro groups is 1. The molecule has 1 aliphatic carbocycles. The quantitative estimate of drug-likeness (QED) is 0.638. The first-order valence-electron chi connectivity index (χ1n) is 8.41. The summed E-state index contributed by atoms with van der Waals surface area (Å²) in [5.74, 6) is 0. The molecule has 1 aromatic carbocycles. The Morgan fingerprint density at radius 3 is 2.42 bits per heavy atom. The van der Waals surface area contributed by atoms with Crippen molar-refractivity contribution in [3.05, 3.63) is 34.4 Å². The number of nitro benzene ring substituents is 1. The average molecular weight is 353 g/mol. The number of hydrogen-bond donors (Lipinski definition) is 2. The zero-order chi connectivity index (χ0) is 17.2. The second-order valence-electron chi connectivity index (χ2n) is 6.78. The van der Waals surface area contributed by atoms with Crippen molar-refractivity contribution in [1.82, 2.24) is 10.0 Å².